The number of carbonyl (C=O) groups is 1. The summed E-state index contributed by atoms with van der Waals surface area (Å²) in [6.07, 6.45) is 8.23. The first-order valence-corrected chi connectivity index (χ1v) is 11.0. The van der Waals surface area contributed by atoms with Crippen LogP contribution in [0.25, 0.3) is 0 Å². The molecule has 2 fully saturated rings. The molecular formula is C24H31N3O3. The van der Waals surface area contributed by atoms with E-state index in [1.165, 1.54) is 19.3 Å². The fourth-order valence-corrected chi connectivity index (χ4v) is 4.09. The number of pyridine rings is 1. The van der Waals surface area contributed by atoms with E-state index in [2.05, 4.69) is 16.0 Å². The van der Waals surface area contributed by atoms with E-state index in [-0.39, 0.29) is 12.0 Å². The first-order chi connectivity index (χ1) is 14.8. The van der Waals surface area contributed by atoms with Crippen molar-refractivity contribution in [2.45, 2.75) is 44.9 Å². The number of piperidine rings is 1. The van der Waals surface area contributed by atoms with E-state index in [0.29, 0.717) is 26.2 Å². The van der Waals surface area contributed by atoms with E-state index in [1.807, 2.05) is 35.2 Å². The Labute approximate surface area is 178 Å². The summed E-state index contributed by atoms with van der Waals surface area (Å²) in [5, 5.41) is 0. The first-order valence-electron chi connectivity index (χ1n) is 11.0. The Kier molecular flexibility index (Phi) is 7.32. The molecule has 0 spiro atoms. The number of aromatic nitrogens is 1. The summed E-state index contributed by atoms with van der Waals surface area (Å²) in [5.74, 6) is 1.01. The third kappa shape index (κ3) is 6.03. The fraction of sp³-hybridized carbons (Fsp3) is 0.500. The van der Waals surface area contributed by atoms with Crippen LogP contribution in [0.2, 0.25) is 0 Å². The fourth-order valence-electron chi connectivity index (χ4n) is 4.09. The second-order valence-corrected chi connectivity index (χ2v) is 8.19. The molecule has 0 radical (unpaired) electrons. The van der Waals surface area contributed by atoms with Gasteiger partial charge in [0.1, 0.15) is 11.9 Å². The molecular weight excluding hydrogens is 378 g/mol. The Morgan fingerprint density at radius 2 is 1.90 bits per heavy atom. The van der Waals surface area contributed by atoms with Crippen LogP contribution in [-0.2, 0) is 22.6 Å². The number of ether oxygens (including phenoxy) is 2. The highest BCUT2D eigenvalue weighted by Crippen LogP contribution is 2.20. The van der Waals surface area contributed by atoms with Gasteiger partial charge in [0.05, 0.1) is 19.8 Å². The number of amides is 1. The van der Waals surface area contributed by atoms with Gasteiger partial charge >= 0.3 is 0 Å². The molecule has 4 rings (SSSR count). The molecule has 30 heavy (non-hydrogen) atoms. The molecule has 2 saturated heterocycles. The molecule has 0 bridgehead atoms. The van der Waals surface area contributed by atoms with Crippen molar-refractivity contribution in [2.24, 2.45) is 0 Å². The van der Waals surface area contributed by atoms with E-state index in [1.54, 1.807) is 12.4 Å². The normalized spacial score (nSPS) is 19.5. The molecule has 0 unspecified atom stereocenters. The lowest BCUT2D eigenvalue weighted by atomic mass is 10.1. The summed E-state index contributed by atoms with van der Waals surface area (Å²) >= 11 is 0. The highest BCUT2D eigenvalue weighted by Gasteiger charge is 2.21. The molecule has 2 aliphatic rings. The Hall–Kier alpha value is -2.44. The van der Waals surface area contributed by atoms with Crippen molar-refractivity contribution in [1.82, 2.24) is 14.8 Å². The second-order valence-electron chi connectivity index (χ2n) is 8.19. The highest BCUT2D eigenvalue weighted by molar-refractivity contribution is 5.78. The minimum Gasteiger partial charge on any atom is -0.488 e. The molecule has 0 saturated carbocycles. The second kappa shape index (κ2) is 10.5. The quantitative estimate of drug-likeness (QED) is 0.670. The number of benzene rings is 1. The summed E-state index contributed by atoms with van der Waals surface area (Å²) in [6.45, 7) is 5.07. The number of likely N-dealkylation sites (tertiary alicyclic amines) is 1. The van der Waals surface area contributed by atoms with Crippen LogP contribution in [0.15, 0.2) is 48.8 Å². The van der Waals surface area contributed by atoms with Gasteiger partial charge in [-0.2, -0.15) is 0 Å². The minimum absolute atomic E-state index is 0.119. The molecule has 1 atom stereocenters. The van der Waals surface area contributed by atoms with Crippen molar-refractivity contribution in [3.05, 3.63) is 59.9 Å². The molecule has 3 heterocycles. The number of carbonyl (C=O) groups excluding carboxylic acids is 1. The van der Waals surface area contributed by atoms with Crippen molar-refractivity contribution in [1.29, 1.82) is 0 Å². The minimum atomic E-state index is 0.119. The Morgan fingerprint density at radius 1 is 1.10 bits per heavy atom. The predicted molar refractivity (Wildman–Crippen MR) is 115 cm³/mol. The predicted octanol–water partition coefficient (Wildman–Crippen LogP) is 3.26. The van der Waals surface area contributed by atoms with Crippen LogP contribution >= 0.6 is 0 Å². The number of rotatable bonds is 8. The maximum absolute atomic E-state index is 13.2. The molecule has 1 aromatic carbocycles. The van der Waals surface area contributed by atoms with E-state index in [0.717, 1.165) is 43.0 Å². The third-order valence-corrected chi connectivity index (χ3v) is 5.75. The summed E-state index contributed by atoms with van der Waals surface area (Å²) in [7, 11) is 0. The Morgan fingerprint density at radius 3 is 2.67 bits per heavy atom. The highest BCUT2D eigenvalue weighted by atomic mass is 16.5. The Bertz CT molecular complexity index is 802. The van der Waals surface area contributed by atoms with Crippen molar-refractivity contribution in [3.8, 4) is 5.75 Å². The SMILES string of the molecule is O=C(CN1CCCCC1)N(Cc1ccncc1)Cc1cccc(O[C@@H]2CCOC2)c1. The number of hydrogen-bond acceptors (Lipinski definition) is 5. The summed E-state index contributed by atoms with van der Waals surface area (Å²) < 4.78 is 11.5. The summed E-state index contributed by atoms with van der Waals surface area (Å²) in [5.41, 5.74) is 2.17. The average Bonchev–Trinajstić information content (AvgIpc) is 3.28. The van der Waals surface area contributed by atoms with Gasteiger partial charge in [-0.05, 0) is 61.3 Å². The van der Waals surface area contributed by atoms with Gasteiger partial charge in [-0.1, -0.05) is 18.6 Å². The van der Waals surface area contributed by atoms with Gasteiger partial charge in [0.2, 0.25) is 5.91 Å². The number of nitrogens with zero attached hydrogens (tertiary/aromatic N) is 3. The van der Waals surface area contributed by atoms with Crippen LogP contribution in [0.4, 0.5) is 0 Å². The van der Waals surface area contributed by atoms with Crippen molar-refractivity contribution < 1.29 is 14.3 Å². The van der Waals surface area contributed by atoms with Gasteiger partial charge in [0.15, 0.2) is 0 Å². The molecule has 6 heteroatoms. The van der Waals surface area contributed by atoms with Gasteiger partial charge in [-0.15, -0.1) is 0 Å². The zero-order valence-electron chi connectivity index (χ0n) is 17.5. The molecule has 2 aromatic rings. The molecule has 0 N–H and O–H groups in total. The number of hydrogen-bond donors (Lipinski definition) is 0. The van der Waals surface area contributed by atoms with Gasteiger partial charge < -0.3 is 14.4 Å². The first kappa shape index (κ1) is 20.8. The van der Waals surface area contributed by atoms with Crippen LogP contribution in [0, 0.1) is 0 Å². The van der Waals surface area contributed by atoms with Crippen LogP contribution in [0.3, 0.4) is 0 Å². The average molecular weight is 410 g/mol. The maximum atomic E-state index is 13.2. The lowest BCUT2D eigenvalue weighted by Gasteiger charge is -2.30. The molecule has 0 aliphatic carbocycles. The van der Waals surface area contributed by atoms with Gasteiger partial charge in [0, 0.05) is 31.9 Å². The maximum Gasteiger partial charge on any atom is 0.237 e. The van der Waals surface area contributed by atoms with Crippen LogP contribution < -0.4 is 4.74 Å². The van der Waals surface area contributed by atoms with E-state index in [4.69, 9.17) is 9.47 Å². The molecule has 2 aliphatic heterocycles. The van der Waals surface area contributed by atoms with Crippen LogP contribution in [0.1, 0.15) is 36.8 Å². The van der Waals surface area contributed by atoms with E-state index >= 15 is 0 Å². The van der Waals surface area contributed by atoms with Gasteiger partial charge in [0.25, 0.3) is 0 Å². The molecule has 160 valence electrons. The topological polar surface area (TPSA) is 54.9 Å². The Balaban J connectivity index is 1.45. The standard InChI is InChI=1S/C24H31N3O3/c28-24(18-26-12-2-1-3-13-26)27(16-20-7-10-25-11-8-20)17-21-5-4-6-22(15-21)30-23-9-14-29-19-23/h4-8,10-11,15,23H,1-3,9,12-14,16-19H2/t23-/m1/s1. The zero-order chi connectivity index (χ0) is 20.6. The van der Waals surface area contributed by atoms with Crippen molar-refractivity contribution >= 4 is 5.91 Å². The largest absolute Gasteiger partial charge is 0.488 e. The van der Waals surface area contributed by atoms with Crippen LogP contribution in [-0.4, -0.2) is 59.6 Å². The zero-order valence-corrected chi connectivity index (χ0v) is 17.5. The molecule has 1 amide bonds. The van der Waals surface area contributed by atoms with E-state index < -0.39 is 0 Å². The lowest BCUT2D eigenvalue weighted by Crippen LogP contribution is -2.41. The van der Waals surface area contributed by atoms with Gasteiger partial charge in [-0.25, -0.2) is 0 Å². The van der Waals surface area contributed by atoms with E-state index in [9.17, 15) is 4.79 Å². The third-order valence-electron chi connectivity index (χ3n) is 5.75. The smallest absolute Gasteiger partial charge is 0.237 e. The van der Waals surface area contributed by atoms with Crippen molar-refractivity contribution in [2.75, 3.05) is 32.8 Å². The summed E-state index contributed by atoms with van der Waals surface area (Å²) in [6, 6.07) is 12.0. The van der Waals surface area contributed by atoms with Gasteiger partial charge in [-0.3, -0.25) is 14.7 Å². The lowest BCUT2D eigenvalue weighted by molar-refractivity contribution is -0.134. The molecule has 1 aromatic heterocycles. The van der Waals surface area contributed by atoms with Crippen LogP contribution in [0.5, 0.6) is 5.75 Å². The monoisotopic (exact) mass is 409 g/mol. The molecule has 6 nitrogen and oxygen atoms in total. The van der Waals surface area contributed by atoms with Crippen molar-refractivity contribution in [3.63, 3.8) is 0 Å². The summed E-state index contributed by atoms with van der Waals surface area (Å²) in [4.78, 5) is 21.5.